The second-order valence-corrected chi connectivity index (χ2v) is 6.96. The molecule has 0 atom stereocenters. The number of ether oxygens (including phenoxy) is 4. The molecular formula is C24H21ClN2O6. The molecule has 3 rings (SSSR count). The first-order chi connectivity index (χ1) is 16.0. The van der Waals surface area contributed by atoms with Crippen LogP contribution >= 0.6 is 11.6 Å². The average molecular weight is 469 g/mol. The Morgan fingerprint density at radius 2 is 1.61 bits per heavy atom. The van der Waals surface area contributed by atoms with Crippen LogP contribution in [0, 0.1) is 0 Å². The van der Waals surface area contributed by atoms with Crippen molar-refractivity contribution >= 4 is 29.7 Å². The van der Waals surface area contributed by atoms with Crippen molar-refractivity contribution in [2.45, 2.75) is 0 Å². The first kappa shape index (κ1) is 23.6. The highest BCUT2D eigenvalue weighted by Crippen LogP contribution is 2.38. The molecule has 9 heteroatoms. The van der Waals surface area contributed by atoms with Crippen molar-refractivity contribution in [1.29, 1.82) is 0 Å². The molecule has 33 heavy (non-hydrogen) atoms. The average Bonchev–Trinajstić information content (AvgIpc) is 2.83. The third kappa shape index (κ3) is 5.81. The summed E-state index contributed by atoms with van der Waals surface area (Å²) in [5.41, 5.74) is 3.56. The molecule has 0 heterocycles. The van der Waals surface area contributed by atoms with Crippen molar-refractivity contribution in [1.82, 2.24) is 5.43 Å². The molecule has 0 saturated heterocycles. The zero-order chi connectivity index (χ0) is 23.8. The van der Waals surface area contributed by atoms with Gasteiger partial charge in [-0.2, -0.15) is 5.10 Å². The van der Waals surface area contributed by atoms with Gasteiger partial charge >= 0.3 is 5.97 Å². The Balaban J connectivity index is 1.69. The molecule has 0 aliphatic rings. The van der Waals surface area contributed by atoms with Crippen LogP contribution in [0.3, 0.4) is 0 Å². The molecule has 170 valence electrons. The zero-order valence-electron chi connectivity index (χ0n) is 18.1. The number of methoxy groups -OCH3 is 3. The number of hydrogen-bond acceptors (Lipinski definition) is 7. The summed E-state index contributed by atoms with van der Waals surface area (Å²) in [6, 6.07) is 16.3. The summed E-state index contributed by atoms with van der Waals surface area (Å²) in [6.07, 6.45) is 1.42. The number of nitrogens with one attached hydrogen (secondary N) is 1. The molecule has 3 aromatic rings. The van der Waals surface area contributed by atoms with Crippen LogP contribution in [0.15, 0.2) is 65.8 Å². The number of carbonyl (C=O) groups is 2. The Hall–Kier alpha value is -4.04. The van der Waals surface area contributed by atoms with Crippen molar-refractivity contribution in [3.63, 3.8) is 0 Å². The number of carbonyl (C=O) groups excluding carboxylic acids is 2. The fourth-order valence-electron chi connectivity index (χ4n) is 2.89. The van der Waals surface area contributed by atoms with Gasteiger partial charge in [0, 0.05) is 5.56 Å². The minimum atomic E-state index is -0.578. The van der Waals surface area contributed by atoms with Gasteiger partial charge < -0.3 is 18.9 Å². The number of hydrogen-bond donors (Lipinski definition) is 1. The van der Waals surface area contributed by atoms with Gasteiger partial charge in [0.2, 0.25) is 5.75 Å². The molecule has 0 fully saturated rings. The molecule has 0 spiro atoms. The van der Waals surface area contributed by atoms with Crippen LogP contribution in [0.1, 0.15) is 26.3 Å². The molecule has 0 aromatic heterocycles. The second-order valence-electron chi connectivity index (χ2n) is 6.55. The molecule has 0 unspecified atom stereocenters. The molecule has 0 bridgehead atoms. The normalized spacial score (nSPS) is 10.5. The summed E-state index contributed by atoms with van der Waals surface area (Å²) in [5, 5.41) is 4.27. The Morgan fingerprint density at radius 1 is 0.909 bits per heavy atom. The van der Waals surface area contributed by atoms with Crippen LogP contribution in [-0.4, -0.2) is 39.4 Å². The Bertz CT molecular complexity index is 1170. The number of nitrogens with zero attached hydrogens (tertiary/aromatic N) is 1. The number of halogens is 1. The number of amides is 1. The lowest BCUT2D eigenvalue weighted by molar-refractivity contribution is 0.0734. The summed E-state index contributed by atoms with van der Waals surface area (Å²) in [6.45, 7) is 0. The lowest BCUT2D eigenvalue weighted by Gasteiger charge is -2.13. The summed E-state index contributed by atoms with van der Waals surface area (Å²) in [7, 11) is 4.40. The second kappa shape index (κ2) is 11.0. The smallest absolute Gasteiger partial charge is 0.345 e. The minimum absolute atomic E-state index is 0.260. The number of hydrazone groups is 1. The van der Waals surface area contributed by atoms with E-state index in [-0.39, 0.29) is 11.1 Å². The van der Waals surface area contributed by atoms with Crippen molar-refractivity contribution in [3.8, 4) is 23.0 Å². The molecule has 0 aliphatic carbocycles. The van der Waals surface area contributed by atoms with E-state index in [4.69, 9.17) is 30.5 Å². The van der Waals surface area contributed by atoms with Gasteiger partial charge in [0.05, 0.1) is 38.1 Å². The fraction of sp³-hybridized carbons (Fsp3) is 0.125. The van der Waals surface area contributed by atoms with Crippen molar-refractivity contribution in [3.05, 3.63) is 82.4 Å². The van der Waals surface area contributed by atoms with E-state index in [0.717, 1.165) is 0 Å². The van der Waals surface area contributed by atoms with Crippen molar-refractivity contribution in [2.24, 2.45) is 5.10 Å². The predicted molar refractivity (Wildman–Crippen MR) is 124 cm³/mol. The first-order valence-electron chi connectivity index (χ1n) is 9.67. The van der Waals surface area contributed by atoms with Crippen molar-refractivity contribution < 1.29 is 28.5 Å². The molecule has 1 amide bonds. The Morgan fingerprint density at radius 3 is 2.24 bits per heavy atom. The highest BCUT2D eigenvalue weighted by molar-refractivity contribution is 6.33. The van der Waals surface area contributed by atoms with Gasteiger partial charge in [-0.25, -0.2) is 10.2 Å². The van der Waals surface area contributed by atoms with Gasteiger partial charge in [0.25, 0.3) is 5.91 Å². The molecule has 1 N–H and O–H groups in total. The summed E-state index contributed by atoms with van der Waals surface area (Å²) in [4.78, 5) is 24.8. The van der Waals surface area contributed by atoms with Crippen LogP contribution < -0.4 is 24.4 Å². The third-order valence-electron chi connectivity index (χ3n) is 4.47. The van der Waals surface area contributed by atoms with Crippen LogP contribution in [-0.2, 0) is 0 Å². The molecule has 0 saturated carbocycles. The predicted octanol–water partition coefficient (Wildman–Crippen LogP) is 4.35. The van der Waals surface area contributed by atoms with Gasteiger partial charge in [-0.05, 0) is 42.0 Å². The largest absolute Gasteiger partial charge is 0.493 e. The van der Waals surface area contributed by atoms with E-state index in [9.17, 15) is 9.59 Å². The number of esters is 1. The molecular weight excluding hydrogens is 448 g/mol. The zero-order valence-corrected chi connectivity index (χ0v) is 18.9. The fourth-order valence-corrected chi connectivity index (χ4v) is 3.10. The monoisotopic (exact) mass is 468 g/mol. The molecule has 8 nitrogen and oxygen atoms in total. The maximum absolute atomic E-state index is 12.5. The maximum atomic E-state index is 12.5. The molecule has 0 radical (unpaired) electrons. The van der Waals surface area contributed by atoms with Crippen LogP contribution in [0.4, 0.5) is 0 Å². The van der Waals surface area contributed by atoms with E-state index < -0.39 is 11.9 Å². The Labute approximate surface area is 195 Å². The van der Waals surface area contributed by atoms with E-state index in [2.05, 4.69) is 10.5 Å². The van der Waals surface area contributed by atoms with E-state index in [1.165, 1.54) is 39.7 Å². The SMILES string of the molecule is COc1cc(C(=O)NN=Cc2cccc(OC(=O)c3ccccc3Cl)c2)cc(OC)c1OC. The van der Waals surface area contributed by atoms with Crippen LogP contribution in [0.25, 0.3) is 0 Å². The van der Waals surface area contributed by atoms with Gasteiger partial charge in [-0.3, -0.25) is 4.79 Å². The topological polar surface area (TPSA) is 95.5 Å². The summed E-state index contributed by atoms with van der Waals surface area (Å²) >= 11 is 6.04. The number of benzene rings is 3. The van der Waals surface area contributed by atoms with E-state index in [1.54, 1.807) is 48.5 Å². The lowest BCUT2D eigenvalue weighted by Crippen LogP contribution is -2.18. The third-order valence-corrected chi connectivity index (χ3v) is 4.80. The van der Waals surface area contributed by atoms with Gasteiger partial charge in [0.1, 0.15) is 5.75 Å². The summed E-state index contributed by atoms with van der Waals surface area (Å²) < 4.78 is 21.1. The van der Waals surface area contributed by atoms with Crippen LogP contribution in [0.5, 0.6) is 23.0 Å². The first-order valence-corrected chi connectivity index (χ1v) is 10.0. The quantitative estimate of drug-likeness (QED) is 0.228. The van der Waals surface area contributed by atoms with Crippen LogP contribution in [0.2, 0.25) is 5.02 Å². The number of rotatable bonds is 8. The van der Waals surface area contributed by atoms with Gasteiger partial charge in [-0.15, -0.1) is 0 Å². The van der Waals surface area contributed by atoms with Gasteiger partial charge in [0.15, 0.2) is 11.5 Å². The standard InChI is InChI=1S/C24H21ClN2O6/c1-30-20-12-16(13-21(31-2)22(20)32-3)23(28)27-26-14-15-7-6-8-17(11-15)33-24(29)18-9-4-5-10-19(18)25/h4-14H,1-3H3,(H,27,28). The summed E-state index contributed by atoms with van der Waals surface area (Å²) in [5.74, 6) is 0.318. The minimum Gasteiger partial charge on any atom is -0.493 e. The maximum Gasteiger partial charge on any atom is 0.345 e. The Kier molecular flexibility index (Phi) is 7.88. The highest BCUT2D eigenvalue weighted by Gasteiger charge is 2.17. The van der Waals surface area contributed by atoms with E-state index in [0.29, 0.717) is 33.6 Å². The van der Waals surface area contributed by atoms with Crippen molar-refractivity contribution in [2.75, 3.05) is 21.3 Å². The van der Waals surface area contributed by atoms with E-state index in [1.807, 2.05) is 0 Å². The molecule has 0 aliphatic heterocycles. The van der Waals surface area contributed by atoms with E-state index >= 15 is 0 Å². The highest BCUT2D eigenvalue weighted by atomic mass is 35.5. The van der Waals surface area contributed by atoms with Gasteiger partial charge in [-0.1, -0.05) is 35.9 Å². The lowest BCUT2D eigenvalue weighted by atomic mass is 10.1. The molecule has 3 aromatic carbocycles.